The van der Waals surface area contributed by atoms with Crippen LogP contribution in [0.3, 0.4) is 0 Å². The molecule has 1 amide bonds. The van der Waals surface area contributed by atoms with Crippen LogP contribution in [0, 0.1) is 5.82 Å². The fourth-order valence-corrected chi connectivity index (χ4v) is 4.56. The van der Waals surface area contributed by atoms with Crippen LogP contribution in [-0.4, -0.2) is 37.8 Å². The lowest BCUT2D eigenvalue weighted by Gasteiger charge is -2.41. The van der Waals surface area contributed by atoms with Gasteiger partial charge in [-0.15, -0.1) is 0 Å². The first-order valence-corrected chi connectivity index (χ1v) is 11.1. The van der Waals surface area contributed by atoms with E-state index in [2.05, 4.69) is 15.5 Å². The summed E-state index contributed by atoms with van der Waals surface area (Å²) in [5.41, 5.74) is -3.91. The van der Waals surface area contributed by atoms with E-state index in [1.54, 1.807) is 0 Å². The predicted octanol–water partition coefficient (Wildman–Crippen LogP) is 5.19. The molecule has 2 N–H and O–H groups in total. The van der Waals surface area contributed by atoms with E-state index in [1.807, 2.05) is 0 Å². The van der Waals surface area contributed by atoms with Gasteiger partial charge in [0.15, 0.2) is 0 Å². The molecule has 12 heteroatoms. The van der Waals surface area contributed by atoms with E-state index in [9.17, 15) is 31.9 Å². The van der Waals surface area contributed by atoms with Crippen LogP contribution in [0.25, 0.3) is 5.69 Å². The Morgan fingerprint density at radius 3 is 2.40 bits per heavy atom. The van der Waals surface area contributed by atoms with Crippen LogP contribution >= 0.6 is 11.6 Å². The van der Waals surface area contributed by atoms with Crippen molar-refractivity contribution in [3.8, 4) is 5.69 Å². The van der Waals surface area contributed by atoms with Gasteiger partial charge in [0.2, 0.25) is 0 Å². The lowest BCUT2D eigenvalue weighted by atomic mass is 9.76. The minimum Gasteiger partial charge on any atom is -0.387 e. The predicted molar refractivity (Wildman–Crippen MR) is 116 cm³/mol. The smallest absolute Gasteiger partial charge is 0.387 e. The van der Waals surface area contributed by atoms with Gasteiger partial charge >= 0.3 is 6.18 Å². The molecule has 1 aliphatic rings. The van der Waals surface area contributed by atoms with Crippen molar-refractivity contribution in [1.82, 2.24) is 20.3 Å². The van der Waals surface area contributed by atoms with E-state index in [-0.39, 0.29) is 36.3 Å². The van der Waals surface area contributed by atoms with Crippen molar-refractivity contribution in [3.63, 3.8) is 0 Å². The molecule has 6 nitrogen and oxygen atoms in total. The van der Waals surface area contributed by atoms with Crippen LogP contribution < -0.4 is 5.32 Å². The molecule has 1 aromatic heterocycles. The van der Waals surface area contributed by atoms with Crippen molar-refractivity contribution in [2.75, 3.05) is 0 Å². The molecule has 35 heavy (non-hydrogen) atoms. The first kappa shape index (κ1) is 25.1. The molecule has 0 aliphatic heterocycles. The van der Waals surface area contributed by atoms with E-state index < -0.39 is 52.5 Å². The Labute approximate surface area is 201 Å². The number of rotatable bonds is 5. The number of nitrogens with zero attached hydrogens (tertiary/aromatic N) is 3. The highest BCUT2D eigenvalue weighted by atomic mass is 35.5. The monoisotopic (exact) mass is 514 g/mol. The van der Waals surface area contributed by atoms with Gasteiger partial charge in [-0.2, -0.15) is 28.2 Å². The van der Waals surface area contributed by atoms with Crippen molar-refractivity contribution >= 4 is 17.5 Å². The molecule has 186 valence electrons. The fraction of sp³-hybridized carbons (Fsp3) is 0.348. The Hall–Kier alpha value is -3.05. The lowest BCUT2D eigenvalue weighted by molar-refractivity contribution is -0.137. The van der Waals surface area contributed by atoms with E-state index >= 15 is 0 Å². The van der Waals surface area contributed by atoms with Crippen LogP contribution in [-0.2, 0) is 6.18 Å². The second kappa shape index (κ2) is 9.54. The molecular weight excluding hydrogens is 495 g/mol. The molecule has 1 atom stereocenters. The molecule has 4 rings (SSSR count). The molecule has 1 aliphatic carbocycles. The summed E-state index contributed by atoms with van der Waals surface area (Å²) in [4.78, 5) is 14.1. The number of alkyl halides is 4. The molecule has 2 aromatic carbocycles. The number of aliphatic hydroxyl groups is 1. The number of hydrogen-bond donors (Lipinski definition) is 2. The Balaban J connectivity index is 1.80. The van der Waals surface area contributed by atoms with Crippen molar-refractivity contribution in [1.29, 1.82) is 0 Å². The maximum absolute atomic E-state index is 14.3. The molecule has 3 aromatic rings. The van der Waals surface area contributed by atoms with E-state index in [4.69, 9.17) is 11.6 Å². The Morgan fingerprint density at radius 1 is 1.14 bits per heavy atom. The number of aromatic nitrogens is 3. The lowest BCUT2D eigenvalue weighted by Crippen LogP contribution is -2.49. The average molecular weight is 515 g/mol. The number of para-hydroxylation sites is 1. The normalized spacial score (nSPS) is 21.5. The summed E-state index contributed by atoms with van der Waals surface area (Å²) in [6.45, 7) is 0. The third-order valence-corrected chi connectivity index (χ3v) is 6.49. The third kappa shape index (κ3) is 5.01. The van der Waals surface area contributed by atoms with Crippen molar-refractivity contribution < 1.29 is 31.9 Å². The SMILES string of the molecule is O=C(NC(c1cccc(F)c1Cl)[C@]1(O)CC[C@H](F)CC1)c1cccc(C(F)(F)F)c1-n1nccn1. The molecule has 1 heterocycles. The molecule has 1 fully saturated rings. The first-order chi connectivity index (χ1) is 16.5. The van der Waals surface area contributed by atoms with Gasteiger partial charge < -0.3 is 10.4 Å². The van der Waals surface area contributed by atoms with Gasteiger partial charge in [-0.3, -0.25) is 4.79 Å². The van der Waals surface area contributed by atoms with Crippen LogP contribution in [0.5, 0.6) is 0 Å². The number of carbonyl (C=O) groups excluding carboxylic acids is 1. The molecule has 0 saturated heterocycles. The van der Waals surface area contributed by atoms with Gasteiger partial charge in [-0.1, -0.05) is 29.8 Å². The summed E-state index contributed by atoms with van der Waals surface area (Å²) in [5, 5.41) is 21.0. The van der Waals surface area contributed by atoms with Gasteiger partial charge in [0, 0.05) is 0 Å². The Morgan fingerprint density at radius 2 is 1.77 bits per heavy atom. The van der Waals surface area contributed by atoms with Crippen LogP contribution in [0.15, 0.2) is 48.8 Å². The molecule has 1 saturated carbocycles. The fourth-order valence-electron chi connectivity index (χ4n) is 4.33. The summed E-state index contributed by atoms with van der Waals surface area (Å²) < 4.78 is 69.4. The van der Waals surface area contributed by atoms with Crippen LogP contribution in [0.1, 0.15) is 53.2 Å². The highest BCUT2D eigenvalue weighted by Gasteiger charge is 2.44. The number of hydrogen-bond acceptors (Lipinski definition) is 4. The number of amides is 1. The summed E-state index contributed by atoms with van der Waals surface area (Å²) in [7, 11) is 0. The van der Waals surface area contributed by atoms with Gasteiger partial charge in [0.05, 0.1) is 40.2 Å². The molecular formula is C23H20ClF5N4O2. The van der Waals surface area contributed by atoms with Gasteiger partial charge in [0.1, 0.15) is 17.7 Å². The average Bonchev–Trinajstić information content (AvgIpc) is 3.35. The number of carbonyl (C=O) groups is 1. The largest absolute Gasteiger partial charge is 0.418 e. The highest BCUT2D eigenvalue weighted by molar-refractivity contribution is 6.31. The number of halogens is 6. The Bertz CT molecular complexity index is 1210. The van der Waals surface area contributed by atoms with E-state index in [1.165, 1.54) is 12.1 Å². The summed E-state index contributed by atoms with van der Waals surface area (Å²) >= 11 is 6.14. The minimum absolute atomic E-state index is 0.0121. The van der Waals surface area contributed by atoms with Crippen LogP contribution in [0.2, 0.25) is 5.02 Å². The quantitative estimate of drug-likeness (QED) is 0.459. The maximum atomic E-state index is 14.3. The third-order valence-electron chi connectivity index (χ3n) is 6.09. The second-order valence-corrected chi connectivity index (χ2v) is 8.72. The van der Waals surface area contributed by atoms with Gasteiger partial charge in [-0.05, 0) is 49.4 Å². The Kier molecular flexibility index (Phi) is 6.83. The van der Waals surface area contributed by atoms with E-state index in [0.717, 1.165) is 36.7 Å². The van der Waals surface area contributed by atoms with Crippen molar-refractivity contribution in [3.05, 3.63) is 76.3 Å². The zero-order valence-electron chi connectivity index (χ0n) is 18.1. The zero-order valence-corrected chi connectivity index (χ0v) is 18.8. The number of nitrogens with one attached hydrogen (secondary N) is 1. The number of benzene rings is 2. The highest BCUT2D eigenvalue weighted by Crippen LogP contribution is 2.42. The first-order valence-electron chi connectivity index (χ1n) is 10.7. The molecule has 0 spiro atoms. The minimum atomic E-state index is -4.83. The molecule has 0 radical (unpaired) electrons. The van der Waals surface area contributed by atoms with Gasteiger partial charge in [0.25, 0.3) is 5.91 Å². The topological polar surface area (TPSA) is 80.0 Å². The summed E-state index contributed by atoms with van der Waals surface area (Å²) in [5.74, 6) is -1.82. The van der Waals surface area contributed by atoms with Crippen molar-refractivity contribution in [2.24, 2.45) is 0 Å². The van der Waals surface area contributed by atoms with Gasteiger partial charge in [-0.25, -0.2) is 8.78 Å². The molecule has 1 unspecified atom stereocenters. The molecule has 0 bridgehead atoms. The van der Waals surface area contributed by atoms with E-state index in [0.29, 0.717) is 4.80 Å². The standard InChI is InChI=1S/C23H20ClF5N4O2/c24-18-14(3-2-6-17(18)26)20(22(35)9-7-13(25)8-10-22)32-21(34)15-4-1-5-16(23(27,28)29)19(15)33-30-11-12-31-33/h1-6,11-13,20,35H,7-10H2,(H,32,34)/t13-,20?,22-. The maximum Gasteiger partial charge on any atom is 0.418 e. The van der Waals surface area contributed by atoms with Crippen LogP contribution in [0.4, 0.5) is 22.0 Å². The summed E-state index contributed by atoms with van der Waals surface area (Å²) in [6, 6.07) is 5.45. The zero-order chi connectivity index (χ0) is 25.4. The second-order valence-electron chi connectivity index (χ2n) is 8.35. The van der Waals surface area contributed by atoms with Crippen molar-refractivity contribution in [2.45, 2.75) is 49.7 Å². The summed E-state index contributed by atoms with van der Waals surface area (Å²) in [6.07, 6.45) is -3.86.